The van der Waals surface area contributed by atoms with E-state index in [-0.39, 0.29) is 24.0 Å². The van der Waals surface area contributed by atoms with E-state index >= 15 is 0 Å². The van der Waals surface area contributed by atoms with Gasteiger partial charge in [-0.1, -0.05) is 36.4 Å². The smallest absolute Gasteiger partial charge is 0.416 e. The molecule has 0 bridgehead atoms. The molecule has 2 rings (SSSR count). The molecule has 2 aromatic rings. The molecule has 5 heteroatoms. The van der Waals surface area contributed by atoms with Crippen molar-refractivity contribution in [2.24, 2.45) is 0 Å². The van der Waals surface area contributed by atoms with Crippen LogP contribution >= 0.6 is 0 Å². The third kappa shape index (κ3) is 3.62. The van der Waals surface area contributed by atoms with Gasteiger partial charge in [0.2, 0.25) is 0 Å². The van der Waals surface area contributed by atoms with E-state index in [2.05, 4.69) is 0 Å². The Labute approximate surface area is 119 Å². The van der Waals surface area contributed by atoms with Crippen molar-refractivity contribution in [2.75, 3.05) is 0 Å². The van der Waals surface area contributed by atoms with Gasteiger partial charge in [0.1, 0.15) is 0 Å². The number of benzene rings is 2. The molecule has 0 amide bonds. The minimum atomic E-state index is -4.40. The molecule has 0 aromatic heterocycles. The molecule has 0 atom stereocenters. The van der Waals surface area contributed by atoms with Crippen LogP contribution in [0.25, 0.3) is 0 Å². The van der Waals surface area contributed by atoms with Gasteiger partial charge in [-0.15, -0.1) is 0 Å². The standard InChI is InChI=1S/C16H13F3O2/c17-16(18,19)14-8-4-2-6-12(14)10-9-11-5-1-3-7-13(11)15(20)21/h1-8H,9-10H2,(H,20,21). The summed E-state index contributed by atoms with van der Waals surface area (Å²) < 4.78 is 38.7. The largest absolute Gasteiger partial charge is 0.478 e. The van der Waals surface area contributed by atoms with Gasteiger partial charge in [-0.05, 0) is 36.1 Å². The van der Waals surface area contributed by atoms with Gasteiger partial charge in [0.15, 0.2) is 0 Å². The van der Waals surface area contributed by atoms with E-state index < -0.39 is 17.7 Å². The summed E-state index contributed by atoms with van der Waals surface area (Å²) in [7, 11) is 0. The summed E-state index contributed by atoms with van der Waals surface area (Å²) in [4.78, 5) is 11.1. The van der Waals surface area contributed by atoms with Crippen LogP contribution in [0.4, 0.5) is 13.2 Å². The first kappa shape index (κ1) is 15.1. The highest BCUT2D eigenvalue weighted by Crippen LogP contribution is 2.32. The van der Waals surface area contributed by atoms with Crippen molar-refractivity contribution in [2.45, 2.75) is 19.0 Å². The average Bonchev–Trinajstić information content (AvgIpc) is 2.44. The lowest BCUT2D eigenvalue weighted by atomic mass is 9.97. The molecular formula is C16H13F3O2. The van der Waals surface area contributed by atoms with Crippen LogP contribution in [0.15, 0.2) is 48.5 Å². The zero-order chi connectivity index (χ0) is 15.5. The molecule has 0 heterocycles. The Bertz CT molecular complexity index is 648. The summed E-state index contributed by atoms with van der Waals surface area (Å²) in [6, 6.07) is 11.7. The summed E-state index contributed by atoms with van der Waals surface area (Å²) in [5.74, 6) is -1.07. The molecule has 1 N–H and O–H groups in total. The van der Waals surface area contributed by atoms with Crippen LogP contribution in [-0.2, 0) is 19.0 Å². The highest BCUT2D eigenvalue weighted by atomic mass is 19.4. The second-order valence-electron chi connectivity index (χ2n) is 4.62. The Hall–Kier alpha value is -2.30. The minimum absolute atomic E-state index is 0.127. The number of alkyl halides is 3. The highest BCUT2D eigenvalue weighted by Gasteiger charge is 2.32. The van der Waals surface area contributed by atoms with E-state index in [0.29, 0.717) is 5.56 Å². The third-order valence-corrected chi connectivity index (χ3v) is 3.23. The van der Waals surface area contributed by atoms with Gasteiger partial charge >= 0.3 is 12.1 Å². The molecule has 0 saturated carbocycles. The lowest BCUT2D eigenvalue weighted by Gasteiger charge is -2.13. The van der Waals surface area contributed by atoms with Crippen molar-refractivity contribution in [3.8, 4) is 0 Å². The molecule has 110 valence electrons. The number of hydrogen-bond donors (Lipinski definition) is 1. The number of halogens is 3. The van der Waals surface area contributed by atoms with Gasteiger partial charge in [-0.25, -0.2) is 4.79 Å². The van der Waals surface area contributed by atoms with Crippen LogP contribution in [0, 0.1) is 0 Å². The van der Waals surface area contributed by atoms with Crippen molar-refractivity contribution in [3.63, 3.8) is 0 Å². The molecule has 0 aliphatic carbocycles. The predicted octanol–water partition coefficient (Wildman–Crippen LogP) is 4.19. The maximum atomic E-state index is 12.9. The summed E-state index contributed by atoms with van der Waals surface area (Å²) in [5, 5.41) is 9.07. The molecule has 0 saturated heterocycles. The Balaban J connectivity index is 2.24. The number of rotatable bonds is 4. The van der Waals surface area contributed by atoms with Crippen LogP contribution in [-0.4, -0.2) is 11.1 Å². The fraction of sp³-hybridized carbons (Fsp3) is 0.188. The number of aryl methyl sites for hydroxylation is 2. The summed E-state index contributed by atoms with van der Waals surface area (Å²) in [5.41, 5.74) is 0.159. The van der Waals surface area contributed by atoms with Gasteiger partial charge in [0.25, 0.3) is 0 Å². The normalized spacial score (nSPS) is 11.4. The highest BCUT2D eigenvalue weighted by molar-refractivity contribution is 5.89. The molecule has 0 aliphatic heterocycles. The number of carbonyl (C=O) groups is 1. The van der Waals surface area contributed by atoms with Crippen LogP contribution < -0.4 is 0 Å². The van der Waals surface area contributed by atoms with Crippen LogP contribution in [0.1, 0.15) is 27.0 Å². The van der Waals surface area contributed by atoms with E-state index in [9.17, 15) is 18.0 Å². The number of carboxylic acids is 1. The van der Waals surface area contributed by atoms with Crippen molar-refractivity contribution in [1.29, 1.82) is 0 Å². The molecule has 0 aliphatic rings. The number of carboxylic acid groups (broad SMARTS) is 1. The van der Waals surface area contributed by atoms with Crippen molar-refractivity contribution in [3.05, 3.63) is 70.8 Å². The first-order valence-corrected chi connectivity index (χ1v) is 6.36. The molecule has 21 heavy (non-hydrogen) atoms. The van der Waals surface area contributed by atoms with Gasteiger partial charge in [0, 0.05) is 0 Å². The summed E-state index contributed by atoms with van der Waals surface area (Å²) in [6.45, 7) is 0. The van der Waals surface area contributed by atoms with Gasteiger partial charge in [-0.3, -0.25) is 0 Å². The second-order valence-corrected chi connectivity index (χ2v) is 4.62. The topological polar surface area (TPSA) is 37.3 Å². The summed E-state index contributed by atoms with van der Waals surface area (Å²) >= 11 is 0. The zero-order valence-electron chi connectivity index (χ0n) is 11.0. The Morgan fingerprint density at radius 2 is 1.43 bits per heavy atom. The Kier molecular flexibility index (Phi) is 4.31. The van der Waals surface area contributed by atoms with Crippen molar-refractivity contribution >= 4 is 5.97 Å². The van der Waals surface area contributed by atoms with E-state index in [0.717, 1.165) is 6.07 Å². The average molecular weight is 294 g/mol. The van der Waals surface area contributed by atoms with Gasteiger partial charge in [0.05, 0.1) is 11.1 Å². The van der Waals surface area contributed by atoms with Crippen LogP contribution in [0.2, 0.25) is 0 Å². The van der Waals surface area contributed by atoms with Gasteiger partial charge in [-0.2, -0.15) is 13.2 Å². The SMILES string of the molecule is O=C(O)c1ccccc1CCc1ccccc1C(F)(F)F. The lowest BCUT2D eigenvalue weighted by molar-refractivity contribution is -0.138. The van der Waals surface area contributed by atoms with E-state index in [1.54, 1.807) is 24.3 Å². The first-order valence-electron chi connectivity index (χ1n) is 6.36. The number of hydrogen-bond acceptors (Lipinski definition) is 1. The maximum Gasteiger partial charge on any atom is 0.416 e. The van der Waals surface area contributed by atoms with Crippen molar-refractivity contribution in [1.82, 2.24) is 0 Å². The Morgan fingerprint density at radius 1 is 0.905 bits per heavy atom. The predicted molar refractivity (Wildman–Crippen MR) is 72.3 cm³/mol. The van der Waals surface area contributed by atoms with E-state index in [1.165, 1.54) is 18.2 Å². The lowest BCUT2D eigenvalue weighted by Crippen LogP contribution is -2.10. The van der Waals surface area contributed by atoms with Crippen molar-refractivity contribution < 1.29 is 23.1 Å². The van der Waals surface area contributed by atoms with Crippen LogP contribution in [0.3, 0.4) is 0 Å². The molecule has 0 spiro atoms. The monoisotopic (exact) mass is 294 g/mol. The quantitative estimate of drug-likeness (QED) is 0.918. The van der Waals surface area contributed by atoms with Gasteiger partial charge < -0.3 is 5.11 Å². The zero-order valence-corrected chi connectivity index (χ0v) is 11.0. The number of aromatic carboxylic acids is 1. The van der Waals surface area contributed by atoms with Crippen LogP contribution in [0.5, 0.6) is 0 Å². The molecule has 0 fully saturated rings. The molecular weight excluding hydrogens is 281 g/mol. The fourth-order valence-corrected chi connectivity index (χ4v) is 2.23. The fourth-order valence-electron chi connectivity index (χ4n) is 2.23. The first-order chi connectivity index (χ1) is 9.89. The second kappa shape index (κ2) is 5.99. The summed E-state index contributed by atoms with van der Waals surface area (Å²) in [6.07, 6.45) is -4.02. The molecule has 0 radical (unpaired) electrons. The van der Waals surface area contributed by atoms with E-state index in [4.69, 9.17) is 5.11 Å². The van der Waals surface area contributed by atoms with E-state index in [1.807, 2.05) is 0 Å². The molecule has 2 aromatic carbocycles. The molecule has 2 nitrogen and oxygen atoms in total. The minimum Gasteiger partial charge on any atom is -0.478 e. The third-order valence-electron chi connectivity index (χ3n) is 3.23. The maximum absolute atomic E-state index is 12.9. The Morgan fingerprint density at radius 3 is 2.05 bits per heavy atom. The molecule has 0 unspecified atom stereocenters.